The Morgan fingerprint density at radius 2 is 1.85 bits per heavy atom. The summed E-state index contributed by atoms with van der Waals surface area (Å²) < 4.78 is 43.2. The molecule has 33 heavy (non-hydrogen) atoms. The van der Waals surface area contributed by atoms with Crippen LogP contribution in [0.4, 0.5) is 5.69 Å². The molecule has 1 amide bonds. The van der Waals surface area contributed by atoms with E-state index in [4.69, 9.17) is 14.2 Å². The molecular weight excluding hydrogens is 448 g/mol. The van der Waals surface area contributed by atoms with E-state index in [-0.39, 0.29) is 24.0 Å². The van der Waals surface area contributed by atoms with Crippen molar-refractivity contribution in [2.45, 2.75) is 30.8 Å². The molecule has 2 aromatic carbocycles. The zero-order valence-electron chi connectivity index (χ0n) is 18.5. The first-order valence-corrected chi connectivity index (χ1v) is 12.1. The molecule has 2 aliphatic rings. The number of hydrogen-bond donors (Lipinski definition) is 0. The highest BCUT2D eigenvalue weighted by Crippen LogP contribution is 2.33. The summed E-state index contributed by atoms with van der Waals surface area (Å²) in [4.78, 5) is 26.6. The molecule has 0 N–H and O–H groups in total. The standard InChI is InChI=1S/C23H26N2O7S/c1-16-13-17(33(28,29)24-11-5-6-12-24)9-10-19(16)31-15-22(26)25-14-21(23(27)30-2)32-20-8-4-3-7-18(20)25/h3-4,7-10,13,21H,5-6,11-12,14-15H2,1-2H3. The van der Waals surface area contributed by atoms with Crippen LogP contribution in [-0.4, -0.2) is 64.1 Å². The summed E-state index contributed by atoms with van der Waals surface area (Å²) in [5, 5.41) is 0. The number of fused-ring (bicyclic) bond motifs is 1. The summed E-state index contributed by atoms with van der Waals surface area (Å²) in [6, 6.07) is 11.5. The summed E-state index contributed by atoms with van der Waals surface area (Å²) in [5.74, 6) is -0.128. The molecule has 0 spiro atoms. The molecule has 2 aromatic rings. The Morgan fingerprint density at radius 3 is 2.55 bits per heavy atom. The summed E-state index contributed by atoms with van der Waals surface area (Å²) in [5.41, 5.74) is 1.15. The predicted octanol–water partition coefficient (Wildman–Crippen LogP) is 2.13. The smallest absolute Gasteiger partial charge is 0.348 e. The van der Waals surface area contributed by atoms with E-state index < -0.39 is 22.1 Å². The highest BCUT2D eigenvalue weighted by atomic mass is 32.2. The van der Waals surface area contributed by atoms with Gasteiger partial charge in [0.2, 0.25) is 16.1 Å². The fourth-order valence-electron chi connectivity index (χ4n) is 3.96. The van der Waals surface area contributed by atoms with Gasteiger partial charge in [0.05, 0.1) is 24.2 Å². The molecule has 2 aliphatic heterocycles. The number of ether oxygens (including phenoxy) is 3. The van der Waals surface area contributed by atoms with Gasteiger partial charge < -0.3 is 19.1 Å². The zero-order valence-corrected chi connectivity index (χ0v) is 19.3. The van der Waals surface area contributed by atoms with Gasteiger partial charge in [-0.25, -0.2) is 13.2 Å². The number of hydrogen-bond acceptors (Lipinski definition) is 7. The number of methoxy groups -OCH3 is 1. The quantitative estimate of drug-likeness (QED) is 0.591. The Bertz CT molecular complexity index is 1160. The Labute approximate surface area is 192 Å². The molecule has 10 heteroatoms. The number of amides is 1. The zero-order chi connectivity index (χ0) is 23.6. The Balaban J connectivity index is 1.48. The number of nitrogens with zero attached hydrogens (tertiary/aromatic N) is 2. The van der Waals surface area contributed by atoms with Crippen LogP contribution in [0.25, 0.3) is 0 Å². The average Bonchev–Trinajstić information content (AvgIpc) is 3.37. The van der Waals surface area contributed by atoms with Crippen molar-refractivity contribution < 1.29 is 32.2 Å². The van der Waals surface area contributed by atoms with Gasteiger partial charge in [0.1, 0.15) is 11.5 Å². The average molecular weight is 475 g/mol. The Morgan fingerprint density at radius 1 is 1.12 bits per heavy atom. The summed E-state index contributed by atoms with van der Waals surface area (Å²) in [7, 11) is -2.27. The van der Waals surface area contributed by atoms with Crippen LogP contribution in [-0.2, 0) is 24.3 Å². The van der Waals surface area contributed by atoms with E-state index in [9.17, 15) is 18.0 Å². The second-order valence-corrected chi connectivity index (χ2v) is 9.87. The molecule has 1 unspecified atom stereocenters. The number of carbonyl (C=O) groups excluding carboxylic acids is 2. The molecule has 1 atom stereocenters. The Hall–Kier alpha value is -3.11. The molecular formula is C23H26N2O7S. The normalized spacial score (nSPS) is 18.4. The van der Waals surface area contributed by atoms with Crippen molar-refractivity contribution >= 4 is 27.6 Å². The number of aryl methyl sites for hydroxylation is 1. The third kappa shape index (κ3) is 4.67. The van der Waals surface area contributed by atoms with Crippen LogP contribution in [0.5, 0.6) is 11.5 Å². The van der Waals surface area contributed by atoms with Crippen LogP contribution in [0, 0.1) is 6.92 Å². The second kappa shape index (κ2) is 9.40. The van der Waals surface area contributed by atoms with E-state index in [1.165, 1.54) is 22.4 Å². The van der Waals surface area contributed by atoms with Crippen molar-refractivity contribution in [1.29, 1.82) is 0 Å². The van der Waals surface area contributed by atoms with E-state index in [0.29, 0.717) is 35.8 Å². The molecule has 0 bridgehead atoms. The van der Waals surface area contributed by atoms with E-state index in [2.05, 4.69) is 0 Å². The van der Waals surface area contributed by atoms with Gasteiger partial charge in [0, 0.05) is 13.1 Å². The highest BCUT2D eigenvalue weighted by Gasteiger charge is 2.34. The lowest BCUT2D eigenvalue weighted by Gasteiger charge is -2.33. The lowest BCUT2D eigenvalue weighted by atomic mass is 10.2. The number of carbonyl (C=O) groups is 2. The summed E-state index contributed by atoms with van der Waals surface area (Å²) in [6.45, 7) is 2.50. The molecule has 0 aliphatic carbocycles. The lowest BCUT2D eigenvalue weighted by molar-refractivity contribution is -0.148. The molecule has 1 saturated heterocycles. The van der Waals surface area contributed by atoms with Gasteiger partial charge in [-0.2, -0.15) is 4.31 Å². The van der Waals surface area contributed by atoms with Crippen molar-refractivity contribution in [2.24, 2.45) is 0 Å². The summed E-state index contributed by atoms with van der Waals surface area (Å²) in [6.07, 6.45) is 0.789. The molecule has 9 nitrogen and oxygen atoms in total. The van der Waals surface area contributed by atoms with Crippen LogP contribution >= 0.6 is 0 Å². The SMILES string of the molecule is COC(=O)C1CN(C(=O)COc2ccc(S(=O)(=O)N3CCCC3)cc2C)c2ccccc2O1. The minimum Gasteiger partial charge on any atom is -0.483 e. The van der Waals surface area contributed by atoms with Crippen LogP contribution in [0.15, 0.2) is 47.4 Å². The van der Waals surface area contributed by atoms with Crippen LogP contribution in [0.2, 0.25) is 0 Å². The molecule has 2 heterocycles. The fourth-order valence-corrected chi connectivity index (χ4v) is 5.57. The first-order valence-electron chi connectivity index (χ1n) is 10.7. The number of sulfonamides is 1. The molecule has 176 valence electrons. The van der Waals surface area contributed by atoms with E-state index in [0.717, 1.165) is 12.8 Å². The van der Waals surface area contributed by atoms with Gasteiger partial charge in [-0.1, -0.05) is 12.1 Å². The van der Waals surface area contributed by atoms with Gasteiger partial charge >= 0.3 is 5.97 Å². The van der Waals surface area contributed by atoms with Gasteiger partial charge in [0.25, 0.3) is 5.91 Å². The fraction of sp³-hybridized carbons (Fsp3) is 0.391. The van der Waals surface area contributed by atoms with Crippen LogP contribution in [0.3, 0.4) is 0 Å². The molecule has 1 fully saturated rings. The molecule has 0 aromatic heterocycles. The van der Waals surface area contributed by atoms with Crippen molar-refractivity contribution in [1.82, 2.24) is 4.31 Å². The topological polar surface area (TPSA) is 102 Å². The number of anilines is 1. The van der Waals surface area contributed by atoms with E-state index >= 15 is 0 Å². The van der Waals surface area contributed by atoms with Gasteiger partial charge in [0.15, 0.2) is 6.61 Å². The maximum Gasteiger partial charge on any atom is 0.348 e. The maximum atomic E-state index is 13.0. The second-order valence-electron chi connectivity index (χ2n) is 7.93. The lowest BCUT2D eigenvalue weighted by Crippen LogP contribution is -2.48. The maximum absolute atomic E-state index is 13.0. The predicted molar refractivity (Wildman–Crippen MR) is 120 cm³/mol. The monoisotopic (exact) mass is 474 g/mol. The first kappa shape index (κ1) is 23.1. The highest BCUT2D eigenvalue weighted by molar-refractivity contribution is 7.89. The van der Waals surface area contributed by atoms with Crippen molar-refractivity contribution in [3.8, 4) is 11.5 Å². The number of esters is 1. The van der Waals surface area contributed by atoms with Crippen molar-refractivity contribution in [3.63, 3.8) is 0 Å². The van der Waals surface area contributed by atoms with Gasteiger partial charge in [-0.05, 0) is 55.7 Å². The van der Waals surface area contributed by atoms with E-state index in [1.807, 2.05) is 0 Å². The van der Waals surface area contributed by atoms with Crippen molar-refractivity contribution in [3.05, 3.63) is 48.0 Å². The third-order valence-corrected chi connectivity index (χ3v) is 7.63. The molecule has 0 saturated carbocycles. The Kier molecular flexibility index (Phi) is 6.57. The van der Waals surface area contributed by atoms with Crippen LogP contribution < -0.4 is 14.4 Å². The minimum absolute atomic E-state index is 0.00210. The third-order valence-electron chi connectivity index (χ3n) is 5.74. The largest absolute Gasteiger partial charge is 0.483 e. The van der Waals surface area contributed by atoms with E-state index in [1.54, 1.807) is 43.3 Å². The number of para-hydroxylation sites is 2. The number of rotatable bonds is 6. The molecule has 0 radical (unpaired) electrons. The van der Waals surface area contributed by atoms with Crippen molar-refractivity contribution in [2.75, 3.05) is 38.3 Å². The first-order chi connectivity index (χ1) is 15.8. The summed E-state index contributed by atoms with van der Waals surface area (Å²) >= 11 is 0. The molecule has 4 rings (SSSR count). The van der Waals surface area contributed by atoms with Gasteiger partial charge in [-0.15, -0.1) is 0 Å². The van der Waals surface area contributed by atoms with Crippen LogP contribution in [0.1, 0.15) is 18.4 Å². The number of benzene rings is 2. The minimum atomic E-state index is -3.53. The van der Waals surface area contributed by atoms with Gasteiger partial charge in [-0.3, -0.25) is 4.79 Å².